The number of amides is 1. The Morgan fingerprint density at radius 3 is 2.90 bits per heavy atom. The van der Waals surface area contributed by atoms with Gasteiger partial charge in [-0.05, 0) is 0 Å². The summed E-state index contributed by atoms with van der Waals surface area (Å²) in [6.45, 7) is 0. The van der Waals surface area contributed by atoms with Crippen LogP contribution < -0.4 is 0 Å². The molecule has 1 fully saturated rings. The summed E-state index contributed by atoms with van der Waals surface area (Å²) in [4.78, 5) is 11.6. The highest BCUT2D eigenvalue weighted by atomic mass is 32.2. The fourth-order valence-electron chi connectivity index (χ4n) is 1.81. The number of aromatic nitrogens is 2. The second kappa shape index (κ2) is 5.56. The molecule has 20 heavy (non-hydrogen) atoms. The van der Waals surface area contributed by atoms with Crippen molar-refractivity contribution in [1.82, 2.24) is 15.2 Å². The number of hydrogen-bond donors (Lipinski definition) is 1. The van der Waals surface area contributed by atoms with E-state index >= 15 is 0 Å². The first-order valence-electron chi connectivity index (χ1n) is 5.88. The summed E-state index contributed by atoms with van der Waals surface area (Å²) in [5.74, 6) is 0.258. The van der Waals surface area contributed by atoms with Crippen molar-refractivity contribution in [1.29, 1.82) is 0 Å². The highest BCUT2D eigenvalue weighted by molar-refractivity contribution is 8.23. The Labute approximate surface area is 125 Å². The molecule has 1 aliphatic rings. The minimum atomic E-state index is -0.0963. The van der Waals surface area contributed by atoms with Crippen LogP contribution in [0.4, 0.5) is 0 Å². The molecule has 1 amide bonds. The van der Waals surface area contributed by atoms with E-state index in [1.54, 1.807) is 12.4 Å². The van der Waals surface area contributed by atoms with Gasteiger partial charge in [0.2, 0.25) is 0 Å². The molecule has 1 saturated heterocycles. The van der Waals surface area contributed by atoms with Gasteiger partial charge in [-0.3, -0.25) is 9.89 Å². The predicted octanol–water partition coefficient (Wildman–Crippen LogP) is 2.27. The summed E-state index contributed by atoms with van der Waals surface area (Å²) in [6, 6.07) is 9.81. The van der Waals surface area contributed by atoms with Gasteiger partial charge in [-0.15, -0.1) is 0 Å². The van der Waals surface area contributed by atoms with Crippen LogP contribution in [-0.4, -0.2) is 37.4 Å². The lowest BCUT2D eigenvalue weighted by Crippen LogP contribution is -2.22. The van der Waals surface area contributed by atoms with Crippen LogP contribution >= 0.6 is 24.0 Å². The largest absolute Gasteiger partial charge is 0.277 e. The van der Waals surface area contributed by atoms with Gasteiger partial charge in [0.05, 0.1) is 23.9 Å². The lowest BCUT2D eigenvalue weighted by Gasteiger charge is -2.06. The van der Waals surface area contributed by atoms with Gasteiger partial charge in [0.1, 0.15) is 0 Å². The van der Waals surface area contributed by atoms with Crippen molar-refractivity contribution in [3.05, 3.63) is 42.1 Å². The third-order valence-electron chi connectivity index (χ3n) is 2.77. The number of hydrogen-bond acceptors (Lipinski definition) is 5. The number of benzene rings is 1. The van der Waals surface area contributed by atoms with Crippen molar-refractivity contribution in [2.45, 2.75) is 0 Å². The number of thioether (sulfide) groups is 1. The van der Waals surface area contributed by atoms with Crippen molar-refractivity contribution < 1.29 is 4.79 Å². The Morgan fingerprint density at radius 1 is 1.40 bits per heavy atom. The van der Waals surface area contributed by atoms with E-state index in [-0.39, 0.29) is 5.91 Å². The van der Waals surface area contributed by atoms with Gasteiger partial charge in [-0.2, -0.15) is 15.2 Å². The molecule has 0 unspecified atom stereocenters. The molecule has 7 heteroatoms. The van der Waals surface area contributed by atoms with Crippen LogP contribution in [0.2, 0.25) is 0 Å². The topological polar surface area (TPSA) is 61.4 Å². The average molecular weight is 302 g/mol. The molecule has 0 aliphatic carbocycles. The summed E-state index contributed by atoms with van der Waals surface area (Å²) in [5, 5.41) is 12.4. The maximum atomic E-state index is 11.6. The monoisotopic (exact) mass is 302 g/mol. The molecule has 1 aromatic heterocycles. The Balaban J connectivity index is 1.88. The molecule has 0 atom stereocenters. The van der Waals surface area contributed by atoms with Crippen molar-refractivity contribution in [3.63, 3.8) is 0 Å². The Morgan fingerprint density at radius 2 is 2.20 bits per heavy atom. The van der Waals surface area contributed by atoms with Gasteiger partial charge >= 0.3 is 0 Å². The number of rotatable bonds is 3. The minimum absolute atomic E-state index is 0.0963. The van der Waals surface area contributed by atoms with E-state index in [2.05, 4.69) is 15.3 Å². The summed E-state index contributed by atoms with van der Waals surface area (Å²) in [7, 11) is 0. The first-order chi connectivity index (χ1) is 9.75. The zero-order valence-corrected chi connectivity index (χ0v) is 11.9. The first-order valence-corrected chi connectivity index (χ1v) is 7.27. The van der Waals surface area contributed by atoms with Crippen LogP contribution in [0.25, 0.3) is 11.3 Å². The molecular formula is C13H10N4OS2. The highest BCUT2D eigenvalue weighted by Gasteiger charge is 2.26. The van der Waals surface area contributed by atoms with Crippen molar-refractivity contribution in [2.75, 3.05) is 5.75 Å². The zero-order chi connectivity index (χ0) is 13.9. The minimum Gasteiger partial charge on any atom is -0.277 e. The van der Waals surface area contributed by atoms with Gasteiger partial charge in [0, 0.05) is 11.1 Å². The van der Waals surface area contributed by atoms with Crippen LogP contribution in [0.3, 0.4) is 0 Å². The second-order valence-corrected chi connectivity index (χ2v) is 5.68. The number of hydrazone groups is 1. The standard InChI is InChI=1S/C13H10N4OS2/c18-11-8-20-13(19)17(11)15-7-10-6-14-16-12(10)9-4-2-1-3-5-9/h1-7H,8H2,(H,14,16)/b15-7+. The normalized spacial score (nSPS) is 15.5. The summed E-state index contributed by atoms with van der Waals surface area (Å²) in [6.07, 6.45) is 3.27. The fraction of sp³-hybridized carbons (Fsp3) is 0.0769. The van der Waals surface area contributed by atoms with Gasteiger partial charge in [-0.25, -0.2) is 0 Å². The number of aromatic amines is 1. The SMILES string of the molecule is O=C1CSC(=S)N1/N=C/c1cn[nH]c1-c1ccccc1. The van der Waals surface area contributed by atoms with Crippen LogP contribution in [0.5, 0.6) is 0 Å². The summed E-state index contributed by atoms with van der Waals surface area (Å²) in [5.41, 5.74) is 2.68. The molecule has 1 aromatic carbocycles. The van der Waals surface area contributed by atoms with Gasteiger partial charge < -0.3 is 0 Å². The molecule has 3 rings (SSSR count). The van der Waals surface area contributed by atoms with Gasteiger partial charge in [-0.1, -0.05) is 54.3 Å². The molecule has 100 valence electrons. The van der Waals surface area contributed by atoms with Crippen molar-refractivity contribution >= 4 is 40.4 Å². The van der Waals surface area contributed by atoms with E-state index in [1.165, 1.54) is 16.8 Å². The van der Waals surface area contributed by atoms with Crippen LogP contribution in [0, 0.1) is 0 Å². The zero-order valence-electron chi connectivity index (χ0n) is 10.3. The molecule has 0 spiro atoms. The van der Waals surface area contributed by atoms with Crippen molar-refractivity contribution in [2.24, 2.45) is 5.10 Å². The predicted molar refractivity (Wildman–Crippen MR) is 83.5 cm³/mol. The van der Waals surface area contributed by atoms with Crippen molar-refractivity contribution in [3.8, 4) is 11.3 Å². The van der Waals surface area contributed by atoms with Crippen LogP contribution in [0.1, 0.15) is 5.56 Å². The van der Waals surface area contributed by atoms with E-state index < -0.39 is 0 Å². The van der Waals surface area contributed by atoms with Gasteiger partial charge in [0.15, 0.2) is 4.32 Å². The molecule has 0 saturated carbocycles. The van der Waals surface area contributed by atoms with E-state index in [1.807, 2.05) is 30.3 Å². The van der Waals surface area contributed by atoms with Gasteiger partial charge in [0.25, 0.3) is 5.91 Å². The molecule has 1 N–H and O–H groups in total. The highest BCUT2D eigenvalue weighted by Crippen LogP contribution is 2.21. The third kappa shape index (κ3) is 2.50. The van der Waals surface area contributed by atoms with E-state index in [9.17, 15) is 4.79 Å². The Bertz CT molecular complexity index is 665. The quantitative estimate of drug-likeness (QED) is 0.698. The number of nitrogens with one attached hydrogen (secondary N) is 1. The number of nitrogens with zero attached hydrogens (tertiary/aromatic N) is 3. The lowest BCUT2D eigenvalue weighted by molar-refractivity contribution is -0.123. The van der Waals surface area contributed by atoms with Crippen LogP contribution in [-0.2, 0) is 4.79 Å². The number of carbonyl (C=O) groups excluding carboxylic acids is 1. The molecule has 5 nitrogen and oxygen atoms in total. The number of carbonyl (C=O) groups is 1. The molecule has 2 aromatic rings. The smallest absolute Gasteiger partial charge is 0.259 e. The molecular weight excluding hydrogens is 292 g/mol. The molecule has 1 aliphatic heterocycles. The van der Waals surface area contributed by atoms with E-state index in [0.29, 0.717) is 10.1 Å². The molecule has 2 heterocycles. The summed E-state index contributed by atoms with van der Waals surface area (Å²) < 4.78 is 0.482. The van der Waals surface area contributed by atoms with Crippen LogP contribution in [0.15, 0.2) is 41.6 Å². The second-order valence-electron chi connectivity index (χ2n) is 4.07. The number of thiocarbonyl (C=S) groups is 1. The molecule has 0 radical (unpaired) electrons. The first kappa shape index (κ1) is 13.0. The van der Waals surface area contributed by atoms with E-state index in [4.69, 9.17) is 12.2 Å². The summed E-state index contributed by atoms with van der Waals surface area (Å²) >= 11 is 6.39. The number of H-pyrrole nitrogens is 1. The Hall–Kier alpha value is -1.99. The molecule has 0 bridgehead atoms. The third-order valence-corrected chi connectivity index (χ3v) is 4.11. The maximum absolute atomic E-state index is 11.6. The van der Waals surface area contributed by atoms with E-state index in [0.717, 1.165) is 16.8 Å². The fourth-order valence-corrected chi connectivity index (χ4v) is 2.77. The average Bonchev–Trinajstić information content (AvgIpc) is 3.06. The maximum Gasteiger partial charge on any atom is 0.259 e. The lowest BCUT2D eigenvalue weighted by atomic mass is 10.1. The Kier molecular flexibility index (Phi) is 3.62.